The van der Waals surface area contributed by atoms with Gasteiger partial charge in [0.25, 0.3) is 5.91 Å². The summed E-state index contributed by atoms with van der Waals surface area (Å²) in [7, 11) is 0. The number of ketones is 1. The fourth-order valence-electron chi connectivity index (χ4n) is 6.38. The maximum Gasteiger partial charge on any atom is 0.350 e. The van der Waals surface area contributed by atoms with Crippen molar-refractivity contribution in [2.24, 2.45) is 16.2 Å². The molecule has 2 amide bonds. The molecule has 1 aromatic heterocycles. The molecule has 2 fully saturated rings. The second-order valence-corrected chi connectivity index (χ2v) is 15.6. The highest BCUT2D eigenvalue weighted by molar-refractivity contribution is 8.00. The Balaban J connectivity index is 1.29. The number of fused-ring (bicyclic) bond motifs is 1. The molecule has 0 spiro atoms. The molecule has 53 heavy (non-hydrogen) atoms. The van der Waals surface area contributed by atoms with Gasteiger partial charge in [-0.25, -0.2) is 9.78 Å². The molecule has 1 aromatic carbocycles. The maximum atomic E-state index is 13.5. The van der Waals surface area contributed by atoms with Crippen LogP contribution in [0.1, 0.15) is 44.4 Å². The minimum Gasteiger partial charge on any atom is -0.543 e. The van der Waals surface area contributed by atoms with Crippen molar-refractivity contribution < 1.29 is 58.9 Å². The van der Waals surface area contributed by atoms with Crippen LogP contribution in [0.5, 0.6) is 11.5 Å². The summed E-state index contributed by atoms with van der Waals surface area (Å²) in [5.74, 6) is -6.88. The minimum absolute atomic E-state index is 0.0374. The van der Waals surface area contributed by atoms with Crippen LogP contribution < -0.4 is 16.2 Å². The molecule has 0 saturated carbocycles. The lowest BCUT2D eigenvalue weighted by Crippen LogP contribution is -2.64. The van der Waals surface area contributed by atoms with Crippen molar-refractivity contribution in [2.45, 2.75) is 44.1 Å². The van der Waals surface area contributed by atoms with E-state index in [0.717, 1.165) is 35.1 Å². The van der Waals surface area contributed by atoms with Crippen molar-refractivity contribution in [3.63, 3.8) is 0 Å². The van der Waals surface area contributed by atoms with Crippen LogP contribution in [-0.2, 0) is 28.8 Å². The number of likely N-dealkylation sites (tertiary alicyclic amines) is 1. The largest absolute Gasteiger partial charge is 0.543 e. The Bertz CT molecular complexity index is 1940. The van der Waals surface area contributed by atoms with E-state index in [2.05, 4.69) is 20.6 Å². The number of amides is 2. The standard InChI is InChI=1S/C32H36ClN7O11S2/c1-32(2,30(48)49)51-38-23(18-14-53-31(34)36-18)20(42)11-17-27(45)39-24(29(46)47)15(13-52-28(17)39)12-40(8-3-4-9-40)10-7-35-26(44)22(37-50)16-5-6-19(41)25(43)21(16)33/h5-6,14,17,28H,3-4,7-13H2,1-2H3,(H7-,34,35,36,37,38,41,42,43,44,46,47,48,49,50)/t17-,28-/m1/s1. The number of phenolic OH excluding ortho intramolecular Hbond substituents is 2. The summed E-state index contributed by atoms with van der Waals surface area (Å²) in [4.78, 5) is 74.5. The van der Waals surface area contributed by atoms with E-state index in [-0.39, 0.29) is 58.1 Å². The number of Topliss-reactive ketones (excluding diaryl/α,β-unsaturated/α-hetero) is 1. The first-order valence-corrected chi connectivity index (χ1v) is 18.5. The van der Waals surface area contributed by atoms with Gasteiger partial charge < -0.3 is 50.8 Å². The van der Waals surface area contributed by atoms with Crippen molar-refractivity contribution in [1.29, 1.82) is 0 Å². The number of nitrogen functional groups attached to an aromatic ring is 1. The van der Waals surface area contributed by atoms with Gasteiger partial charge in [-0.1, -0.05) is 21.9 Å². The summed E-state index contributed by atoms with van der Waals surface area (Å²) in [6.07, 6.45) is 1.28. The molecule has 0 bridgehead atoms. The molecule has 0 radical (unpaired) electrons. The number of β-lactam (4-membered cyclic amide) rings is 1. The topological polar surface area (TPSA) is 277 Å². The average molecular weight is 794 g/mol. The Morgan fingerprint density at radius 2 is 1.91 bits per heavy atom. The first-order chi connectivity index (χ1) is 25.0. The third-order valence-corrected chi connectivity index (χ3v) is 11.7. The fourth-order valence-corrected chi connectivity index (χ4v) is 8.58. The highest BCUT2D eigenvalue weighted by Crippen LogP contribution is 2.46. The first kappa shape index (κ1) is 39.3. The van der Waals surface area contributed by atoms with E-state index < -0.39 is 63.6 Å². The maximum absolute atomic E-state index is 13.5. The molecule has 2 saturated heterocycles. The van der Waals surface area contributed by atoms with Crippen LogP contribution in [0.4, 0.5) is 5.13 Å². The number of halogens is 1. The van der Waals surface area contributed by atoms with Gasteiger partial charge >= 0.3 is 5.97 Å². The van der Waals surface area contributed by atoms with Crippen LogP contribution in [0, 0.1) is 5.92 Å². The Hall–Kier alpha value is -4.92. The monoisotopic (exact) mass is 793 g/mol. The van der Waals surface area contributed by atoms with Crippen LogP contribution in [0.3, 0.4) is 0 Å². The molecule has 0 aliphatic carbocycles. The molecular weight excluding hydrogens is 758 g/mol. The zero-order valence-corrected chi connectivity index (χ0v) is 30.8. The van der Waals surface area contributed by atoms with Crippen LogP contribution in [0.25, 0.3) is 0 Å². The highest BCUT2D eigenvalue weighted by atomic mass is 35.5. The van der Waals surface area contributed by atoms with E-state index >= 15 is 0 Å². The number of benzene rings is 1. The van der Waals surface area contributed by atoms with Crippen molar-refractivity contribution in [1.82, 2.24) is 15.2 Å². The Labute approximate surface area is 315 Å². The van der Waals surface area contributed by atoms with E-state index in [1.807, 2.05) is 0 Å². The van der Waals surface area contributed by atoms with Gasteiger partial charge in [0.1, 0.15) is 12.2 Å². The average Bonchev–Trinajstić information content (AvgIpc) is 3.76. The number of carboxylic acids is 2. The Kier molecular flexibility index (Phi) is 11.6. The number of nitrogens with zero attached hydrogens (tertiary/aromatic N) is 5. The number of aromatic nitrogens is 1. The molecule has 284 valence electrons. The highest BCUT2D eigenvalue weighted by Gasteiger charge is 2.53. The minimum atomic E-state index is -1.79. The van der Waals surface area contributed by atoms with Crippen molar-refractivity contribution in [2.75, 3.05) is 44.2 Å². The molecule has 21 heteroatoms. The van der Waals surface area contributed by atoms with Crippen molar-refractivity contribution >= 4 is 80.8 Å². The molecule has 5 rings (SSSR count). The molecule has 0 unspecified atom stereocenters. The van der Waals surface area contributed by atoms with Gasteiger partial charge in [-0.15, -0.1) is 23.1 Å². The third kappa shape index (κ3) is 8.04. The van der Waals surface area contributed by atoms with Crippen LogP contribution >= 0.6 is 34.7 Å². The Morgan fingerprint density at radius 1 is 1.21 bits per heavy atom. The lowest BCUT2D eigenvalue weighted by Gasteiger charge is -2.51. The molecule has 2 aromatic rings. The summed E-state index contributed by atoms with van der Waals surface area (Å²) in [6.45, 7) is 4.46. The molecule has 18 nitrogen and oxygen atoms in total. The molecular formula is C32H36ClN7O11S2. The number of thiazole rings is 1. The number of carbonyl (C=O) groups excluding carboxylic acids is 4. The molecule has 3 aliphatic heterocycles. The zero-order chi connectivity index (χ0) is 38.8. The number of nitrogens with one attached hydrogen (secondary N) is 1. The number of hydrogen-bond donors (Lipinski definition) is 6. The quantitative estimate of drug-likeness (QED) is 0.0357. The number of oxime groups is 2. The number of carboxylic acid groups (broad SMARTS) is 2. The lowest BCUT2D eigenvalue weighted by atomic mass is 9.89. The van der Waals surface area contributed by atoms with Crippen LogP contribution in [0.15, 0.2) is 39.1 Å². The predicted octanol–water partition coefficient (Wildman–Crippen LogP) is 0.474. The van der Waals surface area contributed by atoms with E-state index in [4.69, 9.17) is 22.2 Å². The number of aliphatic carboxylic acids is 2. The van der Waals surface area contributed by atoms with E-state index in [1.165, 1.54) is 37.1 Å². The number of phenols is 2. The molecule has 3 aliphatic rings. The summed E-state index contributed by atoms with van der Waals surface area (Å²) >= 11 is 8.36. The predicted molar refractivity (Wildman–Crippen MR) is 189 cm³/mol. The number of rotatable bonds is 15. The van der Waals surface area contributed by atoms with Crippen molar-refractivity contribution in [3.05, 3.63) is 45.1 Å². The van der Waals surface area contributed by atoms with E-state index in [9.17, 15) is 49.6 Å². The van der Waals surface area contributed by atoms with Gasteiger partial charge in [0.05, 0.1) is 54.2 Å². The van der Waals surface area contributed by atoms with Crippen LogP contribution in [0.2, 0.25) is 5.02 Å². The smallest absolute Gasteiger partial charge is 0.350 e. The van der Waals surface area contributed by atoms with Gasteiger partial charge in [0.15, 0.2) is 33.8 Å². The number of nitrogens with two attached hydrogens (primary N) is 1. The fraction of sp³-hybridized carbons (Fsp3) is 0.438. The summed E-state index contributed by atoms with van der Waals surface area (Å²) in [5, 5.41) is 61.1. The number of carbonyl (C=O) groups is 5. The summed E-state index contributed by atoms with van der Waals surface area (Å²) in [5.41, 5.74) is 3.25. The number of anilines is 1. The second-order valence-electron chi connectivity index (χ2n) is 13.2. The van der Waals surface area contributed by atoms with Crippen molar-refractivity contribution in [3.8, 4) is 11.5 Å². The number of quaternary nitrogens is 1. The second kappa shape index (κ2) is 15.6. The number of aromatic hydroxyl groups is 2. The van der Waals surface area contributed by atoms with Gasteiger partial charge in [-0.2, -0.15) is 0 Å². The number of thioether (sulfide) groups is 1. The summed E-state index contributed by atoms with van der Waals surface area (Å²) in [6, 6.07) is 2.30. The van der Waals surface area contributed by atoms with Gasteiger partial charge in [-0.3, -0.25) is 19.3 Å². The third-order valence-electron chi connectivity index (χ3n) is 9.24. The van der Waals surface area contributed by atoms with Gasteiger partial charge in [0, 0.05) is 41.5 Å². The van der Waals surface area contributed by atoms with E-state index in [0.29, 0.717) is 29.7 Å². The first-order valence-electron chi connectivity index (χ1n) is 16.2. The lowest BCUT2D eigenvalue weighted by molar-refractivity contribution is -0.911. The number of hydrogen-bond acceptors (Lipinski definition) is 16. The molecule has 2 atom stereocenters. The van der Waals surface area contributed by atoms with Gasteiger partial charge in [0.2, 0.25) is 11.5 Å². The summed E-state index contributed by atoms with van der Waals surface area (Å²) < 4.78 is 0.386. The van der Waals surface area contributed by atoms with E-state index in [1.54, 1.807) is 0 Å². The van der Waals surface area contributed by atoms with Gasteiger partial charge in [-0.05, 0) is 26.0 Å². The van der Waals surface area contributed by atoms with Crippen LogP contribution in [-0.4, -0.2) is 125 Å². The molecule has 4 heterocycles. The Morgan fingerprint density at radius 3 is 2.51 bits per heavy atom. The normalized spacial score (nSPS) is 20.1. The SMILES string of the molecule is CC(C)(O/N=C(\C(=O)C[C@@H]1C(=O)N2C(C(=O)[O-])=C(C[N+]3(CCNC(=O)/C(=N\O)c4ccc(O)c(O)c4Cl)CCCC3)CS[C@H]12)c1csc(N)n1)C(=O)O. The zero-order valence-electron chi connectivity index (χ0n) is 28.4. The molecule has 7 N–H and O–H groups in total.